The number of nitro benzene ring substituents is 1. The number of likely N-dealkylation sites (tertiary alicyclic amines) is 1. The third-order valence-corrected chi connectivity index (χ3v) is 4.12. The molecule has 1 fully saturated rings. The molecule has 0 radical (unpaired) electrons. The van der Waals surface area contributed by atoms with E-state index >= 15 is 0 Å². The molecule has 6 nitrogen and oxygen atoms in total. The van der Waals surface area contributed by atoms with Crippen LogP contribution in [-0.2, 0) is 0 Å². The van der Waals surface area contributed by atoms with E-state index in [-0.39, 0.29) is 17.1 Å². The summed E-state index contributed by atoms with van der Waals surface area (Å²) in [4.78, 5) is 12.8. The fourth-order valence-electron chi connectivity index (χ4n) is 2.69. The summed E-state index contributed by atoms with van der Waals surface area (Å²) in [5, 5.41) is 10.9. The first kappa shape index (κ1) is 15.7. The molecule has 1 aliphatic heterocycles. The summed E-state index contributed by atoms with van der Waals surface area (Å²) in [5.74, 6) is 0.329. The van der Waals surface area contributed by atoms with Gasteiger partial charge < -0.3 is 10.5 Å². The van der Waals surface area contributed by atoms with E-state index in [0.717, 1.165) is 26.1 Å². The minimum Gasteiger partial charge on any atom is -0.485 e. The zero-order valence-corrected chi connectivity index (χ0v) is 12.6. The predicted octanol–water partition coefficient (Wildman–Crippen LogP) is 2.03. The number of nitro groups is 1. The van der Waals surface area contributed by atoms with Crippen molar-refractivity contribution in [2.45, 2.75) is 26.3 Å². The van der Waals surface area contributed by atoms with Gasteiger partial charge in [-0.1, -0.05) is 26.0 Å². The Labute approximate surface area is 125 Å². The van der Waals surface area contributed by atoms with Crippen LogP contribution in [-0.4, -0.2) is 42.1 Å². The van der Waals surface area contributed by atoms with Gasteiger partial charge in [-0.3, -0.25) is 15.0 Å². The third-order valence-electron chi connectivity index (χ3n) is 4.12. The lowest BCUT2D eigenvalue weighted by atomic mass is 9.80. The van der Waals surface area contributed by atoms with Gasteiger partial charge in [0, 0.05) is 25.2 Å². The molecule has 0 saturated carbocycles. The Balaban J connectivity index is 1.87. The average Bonchev–Trinajstić information content (AvgIpc) is 2.43. The largest absolute Gasteiger partial charge is 0.485 e. The highest BCUT2D eigenvalue weighted by molar-refractivity contribution is 5.45. The molecule has 1 aliphatic rings. The standard InChI is InChI=1S/C15H23N3O3/c1-15(2)11-17(8-7-14(15)16)9-10-21-13-6-4-3-5-12(13)18(19)20/h3-6,14H,7-11,16H2,1-2H3. The molecule has 1 atom stereocenters. The summed E-state index contributed by atoms with van der Waals surface area (Å²) in [7, 11) is 0. The zero-order valence-electron chi connectivity index (χ0n) is 12.6. The molecular weight excluding hydrogens is 270 g/mol. The van der Waals surface area contributed by atoms with Crippen molar-refractivity contribution in [2.75, 3.05) is 26.2 Å². The monoisotopic (exact) mass is 293 g/mol. The molecular formula is C15H23N3O3. The number of benzene rings is 1. The summed E-state index contributed by atoms with van der Waals surface area (Å²) in [5.41, 5.74) is 6.22. The first-order valence-electron chi connectivity index (χ1n) is 7.24. The van der Waals surface area contributed by atoms with Crippen LogP contribution in [0.15, 0.2) is 24.3 Å². The summed E-state index contributed by atoms with van der Waals surface area (Å²) in [6.07, 6.45) is 0.971. The van der Waals surface area contributed by atoms with Gasteiger partial charge in [0.2, 0.25) is 0 Å². The van der Waals surface area contributed by atoms with Gasteiger partial charge in [-0.15, -0.1) is 0 Å². The van der Waals surface area contributed by atoms with Crippen molar-refractivity contribution >= 4 is 5.69 Å². The molecule has 0 amide bonds. The van der Waals surface area contributed by atoms with Crippen LogP contribution >= 0.6 is 0 Å². The van der Waals surface area contributed by atoms with Gasteiger partial charge in [-0.25, -0.2) is 0 Å². The fraction of sp³-hybridized carbons (Fsp3) is 0.600. The van der Waals surface area contributed by atoms with E-state index in [2.05, 4.69) is 18.7 Å². The summed E-state index contributed by atoms with van der Waals surface area (Å²) < 4.78 is 5.58. The first-order valence-corrected chi connectivity index (χ1v) is 7.24. The minimum atomic E-state index is -0.418. The third kappa shape index (κ3) is 3.92. The lowest BCUT2D eigenvalue weighted by Crippen LogP contribution is -2.53. The number of piperidine rings is 1. The molecule has 21 heavy (non-hydrogen) atoms. The Hall–Kier alpha value is -1.66. The van der Waals surface area contributed by atoms with Crippen LogP contribution in [0.25, 0.3) is 0 Å². The molecule has 116 valence electrons. The number of nitrogens with zero attached hydrogens (tertiary/aromatic N) is 2. The second-order valence-corrected chi connectivity index (χ2v) is 6.23. The van der Waals surface area contributed by atoms with E-state index in [0.29, 0.717) is 12.4 Å². The number of rotatable bonds is 5. The van der Waals surface area contributed by atoms with E-state index in [1.54, 1.807) is 18.2 Å². The van der Waals surface area contributed by atoms with Crippen molar-refractivity contribution in [1.29, 1.82) is 0 Å². The molecule has 0 aromatic heterocycles. The highest BCUT2D eigenvalue weighted by atomic mass is 16.6. The lowest BCUT2D eigenvalue weighted by Gasteiger charge is -2.42. The molecule has 6 heteroatoms. The van der Waals surface area contributed by atoms with Crippen molar-refractivity contribution in [3.8, 4) is 5.75 Å². The minimum absolute atomic E-state index is 0.0125. The van der Waals surface area contributed by atoms with E-state index in [9.17, 15) is 10.1 Å². The van der Waals surface area contributed by atoms with Crippen molar-refractivity contribution < 1.29 is 9.66 Å². The van der Waals surface area contributed by atoms with E-state index in [4.69, 9.17) is 10.5 Å². The van der Waals surface area contributed by atoms with Gasteiger partial charge in [-0.05, 0) is 24.4 Å². The Kier molecular flexibility index (Phi) is 4.80. The highest BCUT2D eigenvalue weighted by Crippen LogP contribution is 2.28. The lowest BCUT2D eigenvalue weighted by molar-refractivity contribution is -0.385. The first-order chi connectivity index (χ1) is 9.90. The Morgan fingerprint density at radius 3 is 2.86 bits per heavy atom. The number of nitrogens with two attached hydrogens (primary N) is 1. The van der Waals surface area contributed by atoms with Crippen LogP contribution in [0, 0.1) is 15.5 Å². The SMILES string of the molecule is CC1(C)CN(CCOc2ccccc2[N+](=O)[O-])CCC1N. The molecule has 2 N–H and O–H groups in total. The second kappa shape index (κ2) is 6.41. The second-order valence-electron chi connectivity index (χ2n) is 6.23. The Bertz CT molecular complexity index is 505. The van der Waals surface area contributed by atoms with Gasteiger partial charge >= 0.3 is 5.69 Å². The van der Waals surface area contributed by atoms with Crippen molar-refractivity contribution in [3.63, 3.8) is 0 Å². The van der Waals surface area contributed by atoms with Gasteiger partial charge in [0.25, 0.3) is 0 Å². The maximum absolute atomic E-state index is 10.9. The van der Waals surface area contributed by atoms with Crippen LogP contribution in [0.1, 0.15) is 20.3 Å². The maximum atomic E-state index is 10.9. The number of hydrogen-bond donors (Lipinski definition) is 1. The smallest absolute Gasteiger partial charge is 0.310 e. The normalized spacial score (nSPS) is 22.0. The number of ether oxygens (including phenoxy) is 1. The average molecular weight is 293 g/mol. The molecule has 1 aromatic carbocycles. The summed E-state index contributed by atoms with van der Waals surface area (Å²) in [6, 6.07) is 6.70. The fourth-order valence-corrected chi connectivity index (χ4v) is 2.69. The van der Waals surface area contributed by atoms with Gasteiger partial charge in [0.15, 0.2) is 5.75 Å². The van der Waals surface area contributed by atoms with Crippen LogP contribution in [0.4, 0.5) is 5.69 Å². The van der Waals surface area contributed by atoms with Gasteiger partial charge in [-0.2, -0.15) is 0 Å². The van der Waals surface area contributed by atoms with Crippen LogP contribution in [0.2, 0.25) is 0 Å². The molecule has 0 aliphatic carbocycles. The maximum Gasteiger partial charge on any atom is 0.310 e. The topological polar surface area (TPSA) is 81.6 Å². The van der Waals surface area contributed by atoms with E-state index < -0.39 is 4.92 Å². The van der Waals surface area contributed by atoms with Crippen molar-refractivity contribution in [3.05, 3.63) is 34.4 Å². The van der Waals surface area contributed by atoms with E-state index in [1.807, 2.05) is 0 Å². The molecule has 1 heterocycles. The van der Waals surface area contributed by atoms with Gasteiger partial charge in [0.1, 0.15) is 6.61 Å². The van der Waals surface area contributed by atoms with Crippen molar-refractivity contribution in [1.82, 2.24) is 4.90 Å². The van der Waals surface area contributed by atoms with Gasteiger partial charge in [0.05, 0.1) is 4.92 Å². The summed E-state index contributed by atoms with van der Waals surface area (Å²) in [6.45, 7) is 7.41. The van der Waals surface area contributed by atoms with Crippen molar-refractivity contribution in [2.24, 2.45) is 11.1 Å². The molecule has 0 spiro atoms. The molecule has 0 bridgehead atoms. The predicted molar refractivity (Wildman–Crippen MR) is 81.4 cm³/mol. The van der Waals surface area contributed by atoms with Crippen LogP contribution in [0.5, 0.6) is 5.75 Å². The van der Waals surface area contributed by atoms with E-state index in [1.165, 1.54) is 6.07 Å². The number of para-hydroxylation sites is 2. The Morgan fingerprint density at radius 1 is 1.48 bits per heavy atom. The molecule has 1 unspecified atom stereocenters. The molecule has 1 saturated heterocycles. The zero-order chi connectivity index (χ0) is 15.5. The molecule has 1 aromatic rings. The van der Waals surface area contributed by atoms with Crippen LogP contribution in [0.3, 0.4) is 0 Å². The van der Waals surface area contributed by atoms with Crippen LogP contribution < -0.4 is 10.5 Å². The summed E-state index contributed by atoms with van der Waals surface area (Å²) >= 11 is 0. The Morgan fingerprint density at radius 2 is 2.19 bits per heavy atom. The molecule has 2 rings (SSSR count). The highest BCUT2D eigenvalue weighted by Gasteiger charge is 2.33. The number of hydrogen-bond acceptors (Lipinski definition) is 5. The quantitative estimate of drug-likeness (QED) is 0.663.